The number of hydrogen-bond donors (Lipinski definition) is 4. The van der Waals surface area contributed by atoms with Crippen molar-refractivity contribution in [3.05, 3.63) is 56.5 Å². The van der Waals surface area contributed by atoms with Crippen LogP contribution in [0.2, 0.25) is 0 Å². The number of hydrogen-bond acceptors (Lipinski definition) is 7. The van der Waals surface area contributed by atoms with Gasteiger partial charge in [-0.25, -0.2) is 0 Å². The highest BCUT2D eigenvalue weighted by molar-refractivity contribution is 6.13. The van der Waals surface area contributed by atoms with Gasteiger partial charge in [-0.3, -0.25) is 20.0 Å². The molecule has 0 radical (unpaired) electrons. The number of carbonyl (C=O) groups excluding carboxylic acids is 1. The molecule has 5 N–H and O–H groups in total. The number of carbonyl (C=O) groups is 1. The van der Waals surface area contributed by atoms with Crippen LogP contribution in [0, 0.1) is 28.4 Å². The topological polar surface area (TPSA) is 163 Å². The summed E-state index contributed by atoms with van der Waals surface area (Å²) >= 11 is 0. The van der Waals surface area contributed by atoms with Crippen molar-refractivity contribution in [2.45, 2.75) is 12.3 Å². The Morgan fingerprint density at radius 3 is 2.84 bits per heavy atom. The molecule has 0 bridgehead atoms. The molecule has 4 rings (SSSR count). The number of nitrogens with zero attached hydrogens (tertiary/aromatic N) is 3. The third-order valence-electron chi connectivity index (χ3n) is 4.54. The van der Waals surface area contributed by atoms with Crippen LogP contribution in [0.4, 0.5) is 17.2 Å². The van der Waals surface area contributed by atoms with E-state index in [9.17, 15) is 20.2 Å². The highest BCUT2D eigenvalue weighted by Gasteiger charge is 2.57. The Hall–Kier alpha value is -3.87. The number of non-ortho nitro benzene ring substituents is 1. The molecule has 3 heterocycles. The van der Waals surface area contributed by atoms with Crippen LogP contribution in [0.5, 0.6) is 0 Å². The van der Waals surface area contributed by atoms with E-state index >= 15 is 0 Å². The summed E-state index contributed by atoms with van der Waals surface area (Å²) in [5, 5.41) is 33.2. The zero-order valence-corrected chi connectivity index (χ0v) is 12.9. The standard InChI is InChI=1S/C15H11N7O3/c1-6-11-13(21-20-6)19-12(17)9(5-16)15(11)8-4-7(22(24)25)2-3-10(8)18-14(15)23/h2-4H,17H2,1H3,(H,18,23)(H2,19,20,21). The fourth-order valence-electron chi connectivity index (χ4n) is 3.54. The van der Waals surface area contributed by atoms with Gasteiger partial charge in [-0.1, -0.05) is 0 Å². The quantitative estimate of drug-likeness (QED) is 0.445. The van der Waals surface area contributed by atoms with Gasteiger partial charge in [-0.2, -0.15) is 10.4 Å². The lowest BCUT2D eigenvalue weighted by Crippen LogP contribution is -2.43. The summed E-state index contributed by atoms with van der Waals surface area (Å²) in [5.74, 6) is -0.214. The van der Waals surface area contributed by atoms with Crippen molar-refractivity contribution in [3.63, 3.8) is 0 Å². The molecule has 1 amide bonds. The molecule has 2 aliphatic rings. The molecule has 10 heteroatoms. The van der Waals surface area contributed by atoms with E-state index in [2.05, 4.69) is 20.8 Å². The summed E-state index contributed by atoms with van der Waals surface area (Å²) in [6.07, 6.45) is 0. The summed E-state index contributed by atoms with van der Waals surface area (Å²) in [5.41, 5.74) is 5.84. The lowest BCUT2D eigenvalue weighted by atomic mass is 9.68. The first-order valence-corrected chi connectivity index (χ1v) is 7.24. The van der Waals surface area contributed by atoms with Crippen LogP contribution in [0.3, 0.4) is 0 Å². The number of fused-ring (bicyclic) bond motifs is 4. The maximum Gasteiger partial charge on any atom is 0.269 e. The molecule has 25 heavy (non-hydrogen) atoms. The van der Waals surface area contributed by atoms with E-state index in [1.54, 1.807) is 6.92 Å². The van der Waals surface area contributed by atoms with E-state index in [4.69, 9.17) is 5.73 Å². The lowest BCUT2D eigenvalue weighted by molar-refractivity contribution is -0.384. The van der Waals surface area contributed by atoms with Crippen LogP contribution in [-0.4, -0.2) is 21.0 Å². The Morgan fingerprint density at radius 1 is 1.40 bits per heavy atom. The number of aryl methyl sites for hydroxylation is 1. The van der Waals surface area contributed by atoms with Gasteiger partial charge < -0.3 is 16.4 Å². The second-order valence-corrected chi connectivity index (χ2v) is 5.79. The van der Waals surface area contributed by atoms with Crippen molar-refractivity contribution in [2.75, 3.05) is 10.6 Å². The first-order chi connectivity index (χ1) is 11.9. The Bertz CT molecular complexity index is 1050. The number of nitro groups is 1. The number of rotatable bonds is 1. The van der Waals surface area contributed by atoms with Crippen molar-refractivity contribution in [1.82, 2.24) is 10.2 Å². The Labute approximate surface area is 140 Å². The number of aromatic nitrogens is 2. The van der Waals surface area contributed by atoms with Crippen molar-refractivity contribution in [3.8, 4) is 6.07 Å². The van der Waals surface area contributed by atoms with E-state index in [1.807, 2.05) is 6.07 Å². The molecule has 10 nitrogen and oxygen atoms in total. The zero-order chi connectivity index (χ0) is 17.9. The molecule has 1 atom stereocenters. The molecular formula is C15H11N7O3. The maximum atomic E-state index is 13.0. The van der Waals surface area contributed by atoms with E-state index in [0.29, 0.717) is 28.3 Å². The predicted octanol–water partition coefficient (Wildman–Crippen LogP) is 0.984. The maximum absolute atomic E-state index is 13.0. The molecule has 1 aromatic carbocycles. The monoisotopic (exact) mass is 337 g/mol. The van der Waals surface area contributed by atoms with Crippen LogP contribution in [0.1, 0.15) is 16.8 Å². The van der Waals surface area contributed by atoms with E-state index in [0.717, 1.165) is 0 Å². The van der Waals surface area contributed by atoms with E-state index in [-0.39, 0.29) is 17.1 Å². The highest BCUT2D eigenvalue weighted by Crippen LogP contribution is 2.53. The fraction of sp³-hybridized carbons (Fsp3) is 0.133. The summed E-state index contributed by atoms with van der Waals surface area (Å²) < 4.78 is 0. The molecule has 0 fully saturated rings. The summed E-state index contributed by atoms with van der Waals surface area (Å²) in [6, 6.07) is 6.02. The number of nitrogens with one attached hydrogen (secondary N) is 3. The Balaban J connectivity index is 2.16. The molecule has 0 saturated carbocycles. The first-order valence-electron chi connectivity index (χ1n) is 7.24. The van der Waals surface area contributed by atoms with Crippen LogP contribution < -0.4 is 16.4 Å². The average molecular weight is 337 g/mol. The molecule has 2 aromatic rings. The van der Waals surface area contributed by atoms with Gasteiger partial charge in [0, 0.05) is 34.6 Å². The zero-order valence-electron chi connectivity index (χ0n) is 12.9. The minimum Gasteiger partial charge on any atom is -0.384 e. The number of amides is 1. The Kier molecular flexibility index (Phi) is 2.69. The average Bonchev–Trinajstić information content (AvgIpc) is 3.06. The molecule has 2 aliphatic heterocycles. The van der Waals surface area contributed by atoms with Gasteiger partial charge in [0.15, 0.2) is 5.82 Å². The van der Waals surface area contributed by atoms with Crippen LogP contribution >= 0.6 is 0 Å². The lowest BCUT2D eigenvalue weighted by Gasteiger charge is -2.32. The highest BCUT2D eigenvalue weighted by atomic mass is 16.6. The van der Waals surface area contributed by atoms with Gasteiger partial charge in [-0.15, -0.1) is 0 Å². The molecule has 1 unspecified atom stereocenters. The molecule has 124 valence electrons. The molecule has 0 saturated heterocycles. The van der Waals surface area contributed by atoms with Gasteiger partial charge in [0.25, 0.3) is 5.69 Å². The van der Waals surface area contributed by atoms with Crippen LogP contribution in [0.25, 0.3) is 0 Å². The van der Waals surface area contributed by atoms with E-state index in [1.165, 1.54) is 18.2 Å². The van der Waals surface area contributed by atoms with Crippen molar-refractivity contribution < 1.29 is 9.72 Å². The minimum absolute atomic E-state index is 0.0176. The molecule has 1 spiro atoms. The van der Waals surface area contributed by atoms with Crippen molar-refractivity contribution in [2.24, 2.45) is 5.73 Å². The van der Waals surface area contributed by atoms with Crippen molar-refractivity contribution in [1.29, 1.82) is 5.26 Å². The molecule has 1 aromatic heterocycles. The second kappa shape index (κ2) is 4.57. The van der Waals surface area contributed by atoms with Gasteiger partial charge in [0.2, 0.25) is 5.91 Å². The van der Waals surface area contributed by atoms with Gasteiger partial charge in [0.05, 0.1) is 10.5 Å². The molecular weight excluding hydrogens is 326 g/mol. The number of aromatic amines is 1. The number of anilines is 2. The summed E-state index contributed by atoms with van der Waals surface area (Å²) in [6.45, 7) is 1.70. The Morgan fingerprint density at radius 2 is 2.16 bits per heavy atom. The molecule has 0 aliphatic carbocycles. The van der Waals surface area contributed by atoms with Gasteiger partial charge in [-0.05, 0) is 13.0 Å². The predicted molar refractivity (Wildman–Crippen MR) is 86.3 cm³/mol. The number of nitrogens with two attached hydrogens (primary N) is 1. The van der Waals surface area contributed by atoms with Gasteiger partial charge in [0.1, 0.15) is 17.3 Å². The van der Waals surface area contributed by atoms with Crippen LogP contribution in [-0.2, 0) is 10.2 Å². The third-order valence-corrected chi connectivity index (χ3v) is 4.54. The van der Waals surface area contributed by atoms with Crippen LogP contribution in [0.15, 0.2) is 29.6 Å². The summed E-state index contributed by atoms with van der Waals surface area (Å²) in [7, 11) is 0. The number of H-pyrrole nitrogens is 1. The fourth-order valence-corrected chi connectivity index (χ4v) is 3.54. The third kappa shape index (κ3) is 1.61. The number of nitriles is 1. The normalized spacial score (nSPS) is 20.6. The first kappa shape index (κ1) is 14.7. The minimum atomic E-state index is -1.59. The van der Waals surface area contributed by atoms with Gasteiger partial charge >= 0.3 is 0 Å². The van der Waals surface area contributed by atoms with Crippen molar-refractivity contribution >= 4 is 23.1 Å². The second-order valence-electron chi connectivity index (χ2n) is 5.79. The smallest absolute Gasteiger partial charge is 0.269 e. The number of benzene rings is 1. The van der Waals surface area contributed by atoms with E-state index < -0.39 is 16.2 Å². The number of nitro benzene ring substituents is 1. The SMILES string of the molecule is Cc1[nH]nc2c1C1(C(=O)Nc3ccc([N+](=O)[O-])cc31)C(C#N)=C(N)N2. The summed E-state index contributed by atoms with van der Waals surface area (Å²) in [4.78, 5) is 23.7. The largest absolute Gasteiger partial charge is 0.384 e.